The highest BCUT2D eigenvalue weighted by atomic mass is 19.1. The molecule has 1 N–H and O–H groups in total. The van der Waals surface area contributed by atoms with Gasteiger partial charge < -0.3 is 10.1 Å². The Morgan fingerprint density at radius 3 is 2.47 bits per heavy atom. The van der Waals surface area contributed by atoms with E-state index in [1.165, 1.54) is 31.2 Å². The van der Waals surface area contributed by atoms with E-state index in [2.05, 4.69) is 49.2 Å². The molecule has 0 amide bonds. The number of alkyl halides is 2. The summed E-state index contributed by atoms with van der Waals surface area (Å²) in [5, 5.41) is 2.98. The molecule has 2 aromatic rings. The first-order valence-corrected chi connectivity index (χ1v) is 14.1. The van der Waals surface area contributed by atoms with Gasteiger partial charge in [0.25, 0.3) is 0 Å². The minimum absolute atomic E-state index is 0.260. The van der Waals surface area contributed by atoms with Crippen LogP contribution in [0.3, 0.4) is 0 Å². The van der Waals surface area contributed by atoms with Gasteiger partial charge >= 0.3 is 0 Å². The molecule has 0 radical (unpaired) electrons. The summed E-state index contributed by atoms with van der Waals surface area (Å²) in [4.78, 5) is 9.62. The van der Waals surface area contributed by atoms with E-state index in [1.54, 1.807) is 19.5 Å². The van der Waals surface area contributed by atoms with Gasteiger partial charge in [0.05, 0.1) is 13.2 Å². The SMILES string of the molecule is CCCC#CC1=C(c2ncc(C(C)NC(CF)CF)cn2)CC(C2CCCC2)C(C)c2ccc(OC)cc21. The number of hydrogen-bond acceptors (Lipinski definition) is 4. The fraction of sp³-hybridized carbons (Fsp3) is 0.562. The number of nitrogens with zero attached hydrogens (tertiary/aromatic N) is 2. The third-order valence-electron chi connectivity index (χ3n) is 8.30. The van der Waals surface area contributed by atoms with Gasteiger partial charge in [0.2, 0.25) is 0 Å². The van der Waals surface area contributed by atoms with Gasteiger partial charge in [0.15, 0.2) is 5.82 Å². The van der Waals surface area contributed by atoms with Gasteiger partial charge in [-0.05, 0) is 60.8 Å². The van der Waals surface area contributed by atoms with E-state index in [-0.39, 0.29) is 6.04 Å². The number of allylic oxidation sites excluding steroid dienone is 2. The molecule has 1 fully saturated rings. The second-order valence-electron chi connectivity index (χ2n) is 10.8. The molecule has 1 heterocycles. The van der Waals surface area contributed by atoms with Gasteiger partial charge in [-0.3, -0.25) is 0 Å². The molecule has 0 aliphatic heterocycles. The Balaban J connectivity index is 1.82. The summed E-state index contributed by atoms with van der Waals surface area (Å²) in [7, 11) is 1.70. The van der Waals surface area contributed by atoms with Crippen molar-refractivity contribution >= 4 is 11.1 Å². The number of nitrogens with one attached hydrogen (secondary N) is 1. The van der Waals surface area contributed by atoms with Crippen molar-refractivity contribution in [3.8, 4) is 17.6 Å². The zero-order valence-electron chi connectivity index (χ0n) is 23.2. The molecule has 0 bridgehead atoms. The number of aromatic nitrogens is 2. The molecule has 1 aromatic heterocycles. The van der Waals surface area contributed by atoms with Crippen LogP contribution in [0.15, 0.2) is 30.6 Å². The maximum Gasteiger partial charge on any atom is 0.156 e. The van der Waals surface area contributed by atoms with E-state index < -0.39 is 19.4 Å². The summed E-state index contributed by atoms with van der Waals surface area (Å²) >= 11 is 0. The molecule has 2 aliphatic rings. The zero-order valence-corrected chi connectivity index (χ0v) is 23.2. The molecule has 0 spiro atoms. The third kappa shape index (κ3) is 6.26. The van der Waals surface area contributed by atoms with Crippen LogP contribution < -0.4 is 10.1 Å². The van der Waals surface area contributed by atoms with Crippen LogP contribution in [0.4, 0.5) is 8.78 Å². The van der Waals surface area contributed by atoms with E-state index >= 15 is 0 Å². The Labute approximate surface area is 226 Å². The van der Waals surface area contributed by atoms with Crippen LogP contribution in [0, 0.1) is 23.7 Å². The van der Waals surface area contributed by atoms with E-state index in [0.717, 1.165) is 47.3 Å². The highest BCUT2D eigenvalue weighted by molar-refractivity contribution is 5.99. The monoisotopic (exact) mass is 521 g/mol. The summed E-state index contributed by atoms with van der Waals surface area (Å²) in [5.41, 5.74) is 5.32. The number of hydrogen-bond donors (Lipinski definition) is 1. The summed E-state index contributed by atoms with van der Waals surface area (Å²) in [6.45, 7) is 4.87. The Bertz CT molecular complexity index is 1160. The lowest BCUT2D eigenvalue weighted by atomic mass is 9.75. The number of ether oxygens (including phenoxy) is 1. The summed E-state index contributed by atoms with van der Waals surface area (Å²) < 4.78 is 31.7. The van der Waals surface area contributed by atoms with Gasteiger partial charge in [-0.15, -0.1) is 0 Å². The highest BCUT2D eigenvalue weighted by Crippen LogP contribution is 2.49. The van der Waals surface area contributed by atoms with Crippen molar-refractivity contribution in [1.29, 1.82) is 0 Å². The molecule has 1 saturated carbocycles. The van der Waals surface area contributed by atoms with Crippen LogP contribution in [-0.4, -0.2) is 36.5 Å². The van der Waals surface area contributed by atoms with Crippen molar-refractivity contribution in [3.63, 3.8) is 0 Å². The number of unbranched alkanes of at least 4 members (excludes halogenated alkanes) is 1. The molecule has 1 aromatic carbocycles. The van der Waals surface area contributed by atoms with Gasteiger partial charge in [-0.25, -0.2) is 18.7 Å². The largest absolute Gasteiger partial charge is 0.497 e. The molecule has 3 atom stereocenters. The molecule has 38 heavy (non-hydrogen) atoms. The summed E-state index contributed by atoms with van der Waals surface area (Å²) in [6, 6.07) is 5.31. The first kappa shape index (κ1) is 28.2. The molecule has 2 aliphatic carbocycles. The van der Waals surface area contributed by atoms with Crippen LogP contribution in [-0.2, 0) is 0 Å². The lowest BCUT2D eigenvalue weighted by Crippen LogP contribution is -2.35. The van der Waals surface area contributed by atoms with Crippen LogP contribution in [0.2, 0.25) is 0 Å². The maximum atomic E-state index is 13.1. The fourth-order valence-corrected chi connectivity index (χ4v) is 6.06. The first-order chi connectivity index (χ1) is 18.5. The van der Waals surface area contributed by atoms with Crippen LogP contribution in [0.25, 0.3) is 11.1 Å². The van der Waals surface area contributed by atoms with Crippen molar-refractivity contribution in [2.24, 2.45) is 11.8 Å². The van der Waals surface area contributed by atoms with E-state index in [9.17, 15) is 8.78 Å². The predicted molar refractivity (Wildman–Crippen MR) is 150 cm³/mol. The number of methoxy groups -OCH3 is 1. The zero-order chi connectivity index (χ0) is 27.1. The van der Waals surface area contributed by atoms with Gasteiger partial charge in [0, 0.05) is 41.6 Å². The van der Waals surface area contributed by atoms with Crippen molar-refractivity contribution in [1.82, 2.24) is 15.3 Å². The van der Waals surface area contributed by atoms with Crippen molar-refractivity contribution < 1.29 is 13.5 Å². The summed E-state index contributed by atoms with van der Waals surface area (Å²) in [5.74, 6) is 9.93. The fourth-order valence-electron chi connectivity index (χ4n) is 6.06. The Kier molecular flexibility index (Phi) is 9.91. The first-order valence-electron chi connectivity index (χ1n) is 14.1. The quantitative estimate of drug-likeness (QED) is 0.348. The molecule has 0 saturated heterocycles. The molecular formula is C32H41F2N3O. The number of halogens is 2. The summed E-state index contributed by atoms with van der Waals surface area (Å²) in [6.07, 6.45) is 11.4. The second kappa shape index (κ2) is 13.3. The van der Waals surface area contributed by atoms with Crippen molar-refractivity contribution in [2.75, 3.05) is 20.5 Å². The average Bonchev–Trinajstić information content (AvgIpc) is 3.46. The van der Waals surface area contributed by atoms with Crippen LogP contribution >= 0.6 is 0 Å². The Morgan fingerprint density at radius 2 is 1.84 bits per heavy atom. The predicted octanol–water partition coefficient (Wildman–Crippen LogP) is 7.47. The maximum absolute atomic E-state index is 13.1. The molecular weight excluding hydrogens is 480 g/mol. The highest BCUT2D eigenvalue weighted by Gasteiger charge is 2.36. The Hall–Kier alpha value is -2.78. The minimum atomic E-state index is -0.824. The Morgan fingerprint density at radius 1 is 1.13 bits per heavy atom. The lowest BCUT2D eigenvalue weighted by Gasteiger charge is -2.29. The average molecular weight is 522 g/mol. The molecule has 6 heteroatoms. The molecule has 4 nitrogen and oxygen atoms in total. The van der Waals surface area contributed by atoms with Gasteiger partial charge in [-0.1, -0.05) is 57.4 Å². The van der Waals surface area contributed by atoms with E-state index in [0.29, 0.717) is 23.6 Å². The van der Waals surface area contributed by atoms with Gasteiger partial charge in [-0.2, -0.15) is 0 Å². The number of fused-ring (bicyclic) bond motifs is 1. The lowest BCUT2D eigenvalue weighted by molar-refractivity contribution is 0.290. The molecule has 204 valence electrons. The normalized spacial score (nSPS) is 20.6. The van der Waals surface area contributed by atoms with E-state index in [4.69, 9.17) is 14.7 Å². The minimum Gasteiger partial charge on any atom is -0.497 e. The van der Waals surface area contributed by atoms with Crippen molar-refractivity contribution in [2.45, 2.75) is 83.7 Å². The standard InChI is InChI=1S/C32H41F2N3O/c1-5-6-7-12-28-30-15-26(38-4)13-14-27(30)21(2)29(23-10-8-9-11-23)16-31(28)32-35-19-24(20-36-32)22(3)37-25(17-33)18-34/h13-15,19-23,25,29,37H,5-6,8-11,16-18H2,1-4H3. The second-order valence-corrected chi connectivity index (χ2v) is 10.8. The van der Waals surface area contributed by atoms with Crippen LogP contribution in [0.1, 0.15) is 100 Å². The van der Waals surface area contributed by atoms with E-state index in [1.807, 2.05) is 6.92 Å². The topological polar surface area (TPSA) is 47.0 Å². The van der Waals surface area contributed by atoms with Crippen LogP contribution in [0.5, 0.6) is 5.75 Å². The number of benzene rings is 1. The smallest absolute Gasteiger partial charge is 0.156 e. The molecule has 3 unspecified atom stereocenters. The number of rotatable bonds is 9. The third-order valence-corrected chi connectivity index (χ3v) is 8.30. The molecule has 4 rings (SSSR count). The van der Waals surface area contributed by atoms with Gasteiger partial charge in [0.1, 0.15) is 19.1 Å². The van der Waals surface area contributed by atoms with Crippen molar-refractivity contribution in [3.05, 3.63) is 53.1 Å².